The quantitative estimate of drug-likeness (QED) is 0.752. The lowest BCUT2D eigenvalue weighted by Gasteiger charge is -2.27. The van der Waals surface area contributed by atoms with Gasteiger partial charge in [-0.05, 0) is 17.5 Å². The number of halogens is 3. The third kappa shape index (κ3) is 1.84. The van der Waals surface area contributed by atoms with Gasteiger partial charge < -0.3 is 0 Å². The summed E-state index contributed by atoms with van der Waals surface area (Å²) in [5.41, 5.74) is 0.254. The highest BCUT2D eigenvalue weighted by molar-refractivity contribution is 6.25. The molecule has 20 heavy (non-hydrogen) atoms. The Morgan fingerprint density at radius 1 is 0.900 bits per heavy atom. The van der Waals surface area contributed by atoms with Crippen LogP contribution in [0.15, 0.2) is 36.4 Å². The maximum absolute atomic E-state index is 12.5. The molecule has 0 fully saturated rings. The van der Waals surface area contributed by atoms with E-state index >= 15 is 0 Å². The molecule has 102 valence electrons. The summed E-state index contributed by atoms with van der Waals surface area (Å²) in [5.74, 6) is -1.81. The molecule has 1 aliphatic rings. The van der Waals surface area contributed by atoms with Gasteiger partial charge in [0, 0.05) is 16.5 Å². The molecule has 3 rings (SSSR count). The van der Waals surface area contributed by atoms with Gasteiger partial charge in [0.05, 0.1) is 0 Å². The lowest BCUT2D eigenvalue weighted by molar-refractivity contribution is -0.136. The van der Waals surface area contributed by atoms with Crippen molar-refractivity contribution in [1.29, 1.82) is 0 Å². The van der Waals surface area contributed by atoms with E-state index in [-0.39, 0.29) is 16.0 Å². The highest BCUT2D eigenvalue weighted by Gasteiger charge is 2.40. The van der Waals surface area contributed by atoms with E-state index in [4.69, 9.17) is 0 Å². The van der Waals surface area contributed by atoms with Crippen molar-refractivity contribution in [2.45, 2.75) is 6.18 Å². The minimum absolute atomic E-state index is 0.127. The number of carbonyl (C=O) groups is 2. The molecule has 0 saturated carbocycles. The fourth-order valence-electron chi connectivity index (χ4n) is 2.40. The second-order valence-corrected chi connectivity index (χ2v) is 4.52. The summed E-state index contributed by atoms with van der Waals surface area (Å²) >= 11 is 0. The van der Waals surface area contributed by atoms with Crippen LogP contribution in [0.4, 0.5) is 13.2 Å². The molecule has 3 nitrogen and oxygen atoms in total. The van der Waals surface area contributed by atoms with Crippen LogP contribution in [0.2, 0.25) is 0 Å². The van der Waals surface area contributed by atoms with E-state index in [9.17, 15) is 22.8 Å². The summed E-state index contributed by atoms with van der Waals surface area (Å²) in [7, 11) is 0. The number of nitrogens with zero attached hydrogens (tertiary/aromatic N) is 1. The summed E-state index contributed by atoms with van der Waals surface area (Å²) in [4.78, 5) is 24.4. The Bertz CT molecular complexity index is 686. The SMILES string of the molecule is O=C1c2cccc3cccc(c23)C(=O)N1CC(F)(F)F. The van der Waals surface area contributed by atoms with E-state index in [1.165, 1.54) is 12.1 Å². The Morgan fingerprint density at radius 2 is 1.40 bits per heavy atom. The van der Waals surface area contributed by atoms with Crippen molar-refractivity contribution in [1.82, 2.24) is 4.90 Å². The summed E-state index contributed by atoms with van der Waals surface area (Å²) in [5, 5.41) is 1.08. The third-order valence-corrected chi connectivity index (χ3v) is 3.19. The second-order valence-electron chi connectivity index (χ2n) is 4.52. The van der Waals surface area contributed by atoms with Crippen LogP contribution in [0, 0.1) is 0 Å². The summed E-state index contributed by atoms with van der Waals surface area (Å²) in [6, 6.07) is 9.46. The molecule has 2 aromatic carbocycles. The number of imide groups is 1. The fourth-order valence-corrected chi connectivity index (χ4v) is 2.40. The molecular weight excluding hydrogens is 271 g/mol. The maximum Gasteiger partial charge on any atom is 0.406 e. The van der Waals surface area contributed by atoms with Gasteiger partial charge in [-0.3, -0.25) is 14.5 Å². The van der Waals surface area contributed by atoms with Gasteiger partial charge in [0.1, 0.15) is 6.54 Å². The lowest BCUT2D eigenvalue weighted by Crippen LogP contribution is -2.45. The molecule has 0 atom stereocenters. The van der Waals surface area contributed by atoms with Gasteiger partial charge in [-0.15, -0.1) is 0 Å². The Balaban J connectivity index is 2.21. The molecule has 6 heteroatoms. The van der Waals surface area contributed by atoms with Gasteiger partial charge >= 0.3 is 6.18 Å². The van der Waals surface area contributed by atoms with E-state index in [2.05, 4.69) is 0 Å². The molecule has 0 spiro atoms. The lowest BCUT2D eigenvalue weighted by atomic mass is 9.94. The van der Waals surface area contributed by atoms with Crippen LogP contribution >= 0.6 is 0 Å². The Kier molecular flexibility index (Phi) is 2.57. The summed E-state index contributed by atoms with van der Waals surface area (Å²) in [6.07, 6.45) is -4.62. The number of alkyl halides is 3. The predicted octanol–water partition coefficient (Wildman–Crippen LogP) is 3.00. The van der Waals surface area contributed by atoms with Crippen molar-refractivity contribution < 1.29 is 22.8 Å². The van der Waals surface area contributed by atoms with Crippen LogP contribution in [0.25, 0.3) is 10.8 Å². The van der Waals surface area contributed by atoms with Gasteiger partial charge in [-0.2, -0.15) is 13.2 Å². The van der Waals surface area contributed by atoms with Gasteiger partial charge in [0.25, 0.3) is 11.8 Å². The van der Waals surface area contributed by atoms with Crippen LogP contribution in [-0.2, 0) is 0 Å². The number of rotatable bonds is 1. The van der Waals surface area contributed by atoms with Crippen molar-refractivity contribution in [2.75, 3.05) is 6.54 Å². The normalized spacial score (nSPS) is 15.1. The zero-order valence-corrected chi connectivity index (χ0v) is 10.1. The zero-order chi connectivity index (χ0) is 14.5. The highest BCUT2D eigenvalue weighted by atomic mass is 19.4. The van der Waals surface area contributed by atoms with Gasteiger partial charge in [0.15, 0.2) is 0 Å². The van der Waals surface area contributed by atoms with Crippen LogP contribution in [0.1, 0.15) is 20.7 Å². The molecule has 0 saturated heterocycles. The molecule has 0 aromatic heterocycles. The number of amides is 2. The van der Waals surface area contributed by atoms with E-state index in [1.807, 2.05) is 0 Å². The Morgan fingerprint density at radius 3 is 1.85 bits per heavy atom. The van der Waals surface area contributed by atoms with Crippen molar-refractivity contribution in [3.63, 3.8) is 0 Å². The molecule has 0 unspecified atom stereocenters. The topological polar surface area (TPSA) is 37.4 Å². The van der Waals surface area contributed by atoms with Crippen molar-refractivity contribution in [3.8, 4) is 0 Å². The molecule has 0 N–H and O–H groups in total. The van der Waals surface area contributed by atoms with Gasteiger partial charge in [0.2, 0.25) is 0 Å². The van der Waals surface area contributed by atoms with Crippen molar-refractivity contribution in [3.05, 3.63) is 47.5 Å². The first-order chi connectivity index (χ1) is 9.38. The Hall–Kier alpha value is -2.37. The molecule has 1 heterocycles. The average Bonchev–Trinajstić information content (AvgIpc) is 2.39. The third-order valence-electron chi connectivity index (χ3n) is 3.19. The minimum Gasteiger partial charge on any atom is -0.269 e. The number of carbonyl (C=O) groups excluding carboxylic acids is 2. The average molecular weight is 279 g/mol. The monoisotopic (exact) mass is 279 g/mol. The van der Waals surface area contributed by atoms with Crippen molar-refractivity contribution >= 4 is 22.6 Å². The molecular formula is C14H8F3NO2. The van der Waals surface area contributed by atoms with E-state index in [1.54, 1.807) is 24.3 Å². The van der Waals surface area contributed by atoms with E-state index in [0.29, 0.717) is 10.8 Å². The van der Waals surface area contributed by atoms with Gasteiger partial charge in [-0.1, -0.05) is 24.3 Å². The molecule has 0 radical (unpaired) electrons. The second kappa shape index (κ2) is 4.06. The standard InChI is InChI=1S/C14H8F3NO2/c15-14(16,17)7-18-12(19)9-5-1-3-8-4-2-6-10(11(8)9)13(18)20/h1-6H,7H2. The van der Waals surface area contributed by atoms with Crippen LogP contribution in [0.5, 0.6) is 0 Å². The predicted molar refractivity (Wildman–Crippen MR) is 65.4 cm³/mol. The first-order valence-electron chi connectivity index (χ1n) is 5.83. The number of hydrogen-bond donors (Lipinski definition) is 0. The first kappa shape index (κ1) is 12.7. The van der Waals surface area contributed by atoms with Gasteiger partial charge in [-0.25, -0.2) is 0 Å². The Labute approximate surface area is 111 Å². The molecule has 2 amide bonds. The van der Waals surface area contributed by atoms with Crippen molar-refractivity contribution in [2.24, 2.45) is 0 Å². The van der Waals surface area contributed by atoms with Crippen LogP contribution in [-0.4, -0.2) is 29.4 Å². The molecule has 2 aromatic rings. The zero-order valence-electron chi connectivity index (χ0n) is 10.1. The van der Waals surface area contributed by atoms with E-state index < -0.39 is 24.5 Å². The molecule has 1 aliphatic heterocycles. The number of benzene rings is 2. The largest absolute Gasteiger partial charge is 0.406 e. The van der Waals surface area contributed by atoms with Crippen LogP contribution in [0.3, 0.4) is 0 Å². The van der Waals surface area contributed by atoms with Crippen LogP contribution < -0.4 is 0 Å². The number of hydrogen-bond acceptors (Lipinski definition) is 2. The van der Waals surface area contributed by atoms with E-state index in [0.717, 1.165) is 0 Å². The first-order valence-corrected chi connectivity index (χ1v) is 5.83. The maximum atomic E-state index is 12.5. The summed E-state index contributed by atoms with van der Waals surface area (Å²) < 4.78 is 37.5. The fraction of sp³-hybridized carbons (Fsp3) is 0.143. The minimum atomic E-state index is -4.62. The molecule has 0 aliphatic carbocycles. The molecule has 0 bridgehead atoms. The highest BCUT2D eigenvalue weighted by Crippen LogP contribution is 2.31. The summed E-state index contributed by atoms with van der Waals surface area (Å²) in [6.45, 7) is -1.57. The smallest absolute Gasteiger partial charge is 0.269 e.